The van der Waals surface area contributed by atoms with Crippen LogP contribution in [0.3, 0.4) is 0 Å². The van der Waals surface area contributed by atoms with Crippen molar-refractivity contribution in [3.05, 3.63) is 20.8 Å². The fourth-order valence-electron chi connectivity index (χ4n) is 1.63. The molecule has 1 aliphatic rings. The zero-order chi connectivity index (χ0) is 12.4. The van der Waals surface area contributed by atoms with Gasteiger partial charge in [-0.1, -0.05) is 0 Å². The maximum Gasteiger partial charge on any atom is 0.328 e. The fraction of sp³-hybridized carbons (Fsp3) is 0.400. The number of halogens is 1. The van der Waals surface area contributed by atoms with Crippen molar-refractivity contribution in [1.29, 1.82) is 0 Å². The Bertz CT molecular complexity index is 447. The van der Waals surface area contributed by atoms with Crippen LogP contribution in [-0.2, 0) is 9.53 Å². The van der Waals surface area contributed by atoms with Gasteiger partial charge >= 0.3 is 5.97 Å². The van der Waals surface area contributed by atoms with Gasteiger partial charge in [-0.25, -0.2) is 4.79 Å². The van der Waals surface area contributed by atoms with E-state index in [4.69, 9.17) is 9.84 Å². The van der Waals surface area contributed by atoms with Crippen molar-refractivity contribution >= 4 is 39.1 Å². The molecule has 1 fully saturated rings. The van der Waals surface area contributed by atoms with Crippen LogP contribution in [-0.4, -0.2) is 47.7 Å². The molecule has 17 heavy (non-hydrogen) atoms. The van der Waals surface area contributed by atoms with Gasteiger partial charge in [0.25, 0.3) is 5.91 Å². The zero-order valence-corrected chi connectivity index (χ0v) is 11.2. The number of amides is 1. The van der Waals surface area contributed by atoms with Crippen molar-refractivity contribution < 1.29 is 19.4 Å². The lowest BCUT2D eigenvalue weighted by Crippen LogP contribution is -2.52. The van der Waals surface area contributed by atoms with E-state index in [1.807, 2.05) is 0 Å². The van der Waals surface area contributed by atoms with Crippen molar-refractivity contribution in [2.75, 3.05) is 19.8 Å². The molecule has 0 saturated carbocycles. The summed E-state index contributed by atoms with van der Waals surface area (Å²) in [4.78, 5) is 25.1. The molecule has 0 bridgehead atoms. The molecule has 2 rings (SSSR count). The summed E-state index contributed by atoms with van der Waals surface area (Å²) in [6.07, 6.45) is 0. The van der Waals surface area contributed by atoms with Crippen molar-refractivity contribution in [3.63, 3.8) is 0 Å². The minimum Gasteiger partial charge on any atom is -0.480 e. The standard InChI is InChI=1S/C10H10BrNO4S/c11-6-1-4-17-8(6)9(13)12-2-3-16-5-7(12)10(14)15/h1,4,7H,2-3,5H2,(H,14,15)/t7-/m1/s1. The van der Waals surface area contributed by atoms with Crippen LogP contribution in [0.2, 0.25) is 0 Å². The van der Waals surface area contributed by atoms with Gasteiger partial charge in [0.1, 0.15) is 4.88 Å². The predicted molar refractivity (Wildman–Crippen MR) is 65.3 cm³/mol. The van der Waals surface area contributed by atoms with E-state index in [-0.39, 0.29) is 12.5 Å². The third-order valence-corrected chi connectivity index (χ3v) is 4.31. The van der Waals surface area contributed by atoms with Crippen molar-refractivity contribution in [2.45, 2.75) is 6.04 Å². The van der Waals surface area contributed by atoms with Gasteiger partial charge in [-0.15, -0.1) is 11.3 Å². The first kappa shape index (κ1) is 12.5. The molecule has 1 aliphatic heterocycles. The summed E-state index contributed by atoms with van der Waals surface area (Å²) in [7, 11) is 0. The number of carboxylic acid groups (broad SMARTS) is 1. The van der Waals surface area contributed by atoms with Gasteiger partial charge in [-0.3, -0.25) is 4.79 Å². The Hall–Kier alpha value is -0.920. The highest BCUT2D eigenvalue weighted by molar-refractivity contribution is 9.10. The smallest absolute Gasteiger partial charge is 0.328 e. The third-order valence-electron chi connectivity index (χ3n) is 2.49. The molecule has 1 atom stereocenters. The zero-order valence-electron chi connectivity index (χ0n) is 8.76. The Morgan fingerprint density at radius 3 is 2.94 bits per heavy atom. The number of nitrogens with zero attached hydrogens (tertiary/aromatic N) is 1. The number of hydrogen-bond acceptors (Lipinski definition) is 4. The van der Waals surface area contributed by atoms with Gasteiger partial charge in [-0.05, 0) is 27.4 Å². The first-order valence-electron chi connectivity index (χ1n) is 4.95. The first-order valence-corrected chi connectivity index (χ1v) is 6.63. The van der Waals surface area contributed by atoms with Crippen LogP contribution in [0.25, 0.3) is 0 Å². The summed E-state index contributed by atoms with van der Waals surface area (Å²) in [5.41, 5.74) is 0. The molecule has 0 aliphatic carbocycles. The van der Waals surface area contributed by atoms with Crippen molar-refractivity contribution in [3.8, 4) is 0 Å². The predicted octanol–water partition coefficient (Wildman–Crippen LogP) is 1.44. The Labute approximate surface area is 110 Å². The second-order valence-electron chi connectivity index (χ2n) is 3.53. The van der Waals surface area contributed by atoms with E-state index in [9.17, 15) is 9.59 Å². The van der Waals surface area contributed by atoms with E-state index in [0.717, 1.165) is 0 Å². The molecule has 92 valence electrons. The number of carbonyl (C=O) groups excluding carboxylic acids is 1. The number of morpholine rings is 1. The number of thiophene rings is 1. The SMILES string of the molecule is O=C(O)[C@H]1COCCN1C(=O)c1sccc1Br. The summed E-state index contributed by atoms with van der Waals surface area (Å²) in [6.45, 7) is 0.725. The molecule has 1 saturated heterocycles. The number of hydrogen-bond donors (Lipinski definition) is 1. The van der Waals surface area contributed by atoms with Crippen LogP contribution in [0.1, 0.15) is 9.67 Å². The number of carbonyl (C=O) groups is 2. The second kappa shape index (κ2) is 5.16. The van der Waals surface area contributed by atoms with E-state index in [1.54, 1.807) is 11.4 Å². The van der Waals surface area contributed by atoms with Crippen LogP contribution in [0, 0.1) is 0 Å². The molecule has 1 amide bonds. The summed E-state index contributed by atoms with van der Waals surface area (Å²) >= 11 is 4.57. The normalized spacial score (nSPS) is 20.3. The Morgan fingerprint density at radius 1 is 1.59 bits per heavy atom. The van der Waals surface area contributed by atoms with E-state index < -0.39 is 12.0 Å². The fourth-order valence-corrected chi connectivity index (χ4v) is 3.12. The van der Waals surface area contributed by atoms with Gasteiger partial charge in [0, 0.05) is 11.0 Å². The molecule has 0 aromatic carbocycles. The molecule has 1 aromatic heterocycles. The molecule has 7 heteroatoms. The maximum absolute atomic E-state index is 12.2. The minimum atomic E-state index is -1.04. The maximum atomic E-state index is 12.2. The number of aliphatic carboxylic acids is 1. The minimum absolute atomic E-state index is 0.0457. The molecule has 5 nitrogen and oxygen atoms in total. The van der Waals surface area contributed by atoms with Gasteiger partial charge in [0.05, 0.1) is 13.2 Å². The Kier molecular flexibility index (Phi) is 3.80. The van der Waals surface area contributed by atoms with Crippen LogP contribution in [0.15, 0.2) is 15.9 Å². The van der Waals surface area contributed by atoms with Gasteiger partial charge < -0.3 is 14.7 Å². The van der Waals surface area contributed by atoms with Crippen LogP contribution in [0.5, 0.6) is 0 Å². The van der Waals surface area contributed by atoms with Crippen LogP contribution in [0.4, 0.5) is 0 Å². The average Bonchev–Trinajstić information content (AvgIpc) is 2.74. The Balaban J connectivity index is 2.23. The molecule has 2 heterocycles. The second-order valence-corrected chi connectivity index (χ2v) is 5.30. The van der Waals surface area contributed by atoms with Crippen LogP contribution < -0.4 is 0 Å². The molecule has 1 aromatic rings. The molecular formula is C10H10BrNO4S. The van der Waals surface area contributed by atoms with Gasteiger partial charge in [0.15, 0.2) is 6.04 Å². The monoisotopic (exact) mass is 319 g/mol. The highest BCUT2D eigenvalue weighted by Gasteiger charge is 2.34. The lowest BCUT2D eigenvalue weighted by Gasteiger charge is -2.32. The van der Waals surface area contributed by atoms with E-state index in [2.05, 4.69) is 15.9 Å². The number of carboxylic acids is 1. The summed E-state index contributed by atoms with van der Waals surface area (Å²) in [5, 5.41) is 10.8. The van der Waals surface area contributed by atoms with Gasteiger partial charge in [-0.2, -0.15) is 0 Å². The molecule has 0 radical (unpaired) electrons. The van der Waals surface area contributed by atoms with E-state index in [1.165, 1.54) is 16.2 Å². The topological polar surface area (TPSA) is 66.8 Å². The number of ether oxygens (including phenoxy) is 1. The van der Waals surface area contributed by atoms with Crippen molar-refractivity contribution in [2.24, 2.45) is 0 Å². The summed E-state index contributed by atoms with van der Waals surface area (Å²) in [6, 6.07) is 0.874. The highest BCUT2D eigenvalue weighted by Crippen LogP contribution is 2.25. The lowest BCUT2D eigenvalue weighted by atomic mass is 10.2. The lowest BCUT2D eigenvalue weighted by molar-refractivity contribution is -0.147. The molecular weight excluding hydrogens is 310 g/mol. The Morgan fingerprint density at radius 2 is 2.35 bits per heavy atom. The summed E-state index contributed by atoms with van der Waals surface area (Å²) < 4.78 is 5.79. The first-order chi connectivity index (χ1) is 8.11. The summed E-state index contributed by atoms with van der Waals surface area (Å²) in [5.74, 6) is -1.30. The third kappa shape index (κ3) is 2.51. The van der Waals surface area contributed by atoms with Crippen molar-refractivity contribution in [1.82, 2.24) is 4.90 Å². The van der Waals surface area contributed by atoms with Gasteiger partial charge in [0.2, 0.25) is 0 Å². The van der Waals surface area contributed by atoms with E-state index in [0.29, 0.717) is 22.5 Å². The molecule has 0 spiro atoms. The van der Waals surface area contributed by atoms with Crippen LogP contribution >= 0.6 is 27.3 Å². The average molecular weight is 320 g/mol. The van der Waals surface area contributed by atoms with E-state index >= 15 is 0 Å². The largest absolute Gasteiger partial charge is 0.480 e. The molecule has 0 unspecified atom stereocenters. The highest BCUT2D eigenvalue weighted by atomic mass is 79.9. The quantitative estimate of drug-likeness (QED) is 0.895. The number of rotatable bonds is 2. The molecule has 1 N–H and O–H groups in total.